The van der Waals surface area contributed by atoms with Crippen LogP contribution in [0, 0.1) is 6.92 Å². The minimum absolute atomic E-state index is 0.641. The first kappa shape index (κ1) is 12.8. The first-order valence-corrected chi connectivity index (χ1v) is 6.75. The number of aromatic nitrogens is 1. The lowest BCUT2D eigenvalue weighted by Crippen LogP contribution is -2.04. The lowest BCUT2D eigenvalue weighted by molar-refractivity contribution is 0.811. The monoisotopic (exact) mass is 286 g/mol. The summed E-state index contributed by atoms with van der Waals surface area (Å²) in [5.41, 5.74) is 1.88. The highest BCUT2D eigenvalue weighted by Gasteiger charge is 2.12. The Hall–Kier alpha value is -0.610. The molecule has 2 aromatic rings. The van der Waals surface area contributed by atoms with E-state index in [1.807, 2.05) is 19.2 Å². The summed E-state index contributed by atoms with van der Waals surface area (Å²) in [5.74, 6) is 0. The largest absolute Gasteiger partial charge is 0.314 e. The zero-order valence-electron chi connectivity index (χ0n) is 9.55. The average Bonchev–Trinajstić information content (AvgIpc) is 2.60. The van der Waals surface area contributed by atoms with E-state index < -0.39 is 0 Å². The maximum Gasteiger partial charge on any atom is 0.107 e. The van der Waals surface area contributed by atoms with Crippen molar-refractivity contribution in [1.82, 2.24) is 10.3 Å². The summed E-state index contributed by atoms with van der Waals surface area (Å²) in [6.07, 6.45) is 0. The van der Waals surface area contributed by atoms with E-state index in [1.54, 1.807) is 17.4 Å². The highest BCUT2D eigenvalue weighted by atomic mass is 35.5. The summed E-state index contributed by atoms with van der Waals surface area (Å²) >= 11 is 13.8. The lowest BCUT2D eigenvalue weighted by atomic mass is 10.1. The van der Waals surface area contributed by atoms with Crippen LogP contribution in [0.2, 0.25) is 10.0 Å². The number of nitrogens with zero attached hydrogens (tertiary/aromatic N) is 1. The molecule has 5 heteroatoms. The molecule has 0 radical (unpaired) electrons. The molecule has 0 aliphatic rings. The fourth-order valence-electron chi connectivity index (χ4n) is 1.61. The molecule has 0 spiro atoms. The molecule has 2 rings (SSSR count). The predicted octanol–water partition coefficient (Wildman–Crippen LogP) is 4.14. The molecule has 0 amide bonds. The van der Waals surface area contributed by atoms with Crippen LogP contribution in [0.15, 0.2) is 18.2 Å². The van der Waals surface area contributed by atoms with Crippen LogP contribution in [-0.2, 0) is 6.54 Å². The zero-order chi connectivity index (χ0) is 12.4. The Kier molecular flexibility index (Phi) is 4.05. The smallest absolute Gasteiger partial charge is 0.107 e. The maximum absolute atomic E-state index is 6.19. The summed E-state index contributed by atoms with van der Waals surface area (Å²) in [4.78, 5) is 5.75. The highest BCUT2D eigenvalue weighted by Crippen LogP contribution is 2.34. The number of hydrogen-bond acceptors (Lipinski definition) is 3. The Morgan fingerprint density at radius 1 is 1.35 bits per heavy atom. The number of benzene rings is 1. The fourth-order valence-corrected chi connectivity index (χ4v) is 3.07. The van der Waals surface area contributed by atoms with Gasteiger partial charge in [-0.3, -0.25) is 0 Å². The lowest BCUT2D eigenvalue weighted by Gasteiger charge is -2.02. The molecule has 90 valence electrons. The highest BCUT2D eigenvalue weighted by molar-refractivity contribution is 7.12. The molecule has 1 aromatic heterocycles. The van der Waals surface area contributed by atoms with Crippen molar-refractivity contribution in [3.63, 3.8) is 0 Å². The number of hydrogen-bond donors (Lipinski definition) is 1. The summed E-state index contributed by atoms with van der Waals surface area (Å²) in [7, 11) is 1.91. The second-order valence-electron chi connectivity index (χ2n) is 3.67. The van der Waals surface area contributed by atoms with E-state index in [2.05, 4.69) is 17.2 Å². The van der Waals surface area contributed by atoms with Gasteiger partial charge in [0.05, 0.1) is 10.7 Å². The van der Waals surface area contributed by atoms with E-state index in [1.165, 1.54) is 4.88 Å². The van der Waals surface area contributed by atoms with Gasteiger partial charge in [0.1, 0.15) is 5.01 Å². The van der Waals surface area contributed by atoms with E-state index in [0.29, 0.717) is 10.0 Å². The number of aryl methyl sites for hydroxylation is 1. The van der Waals surface area contributed by atoms with Crippen LogP contribution in [-0.4, -0.2) is 12.0 Å². The van der Waals surface area contributed by atoms with Crippen LogP contribution in [0.25, 0.3) is 11.3 Å². The molecule has 2 nitrogen and oxygen atoms in total. The van der Waals surface area contributed by atoms with Gasteiger partial charge in [0.2, 0.25) is 0 Å². The molecule has 1 N–H and O–H groups in total. The van der Waals surface area contributed by atoms with E-state index in [-0.39, 0.29) is 0 Å². The first-order valence-electron chi connectivity index (χ1n) is 5.18. The van der Waals surface area contributed by atoms with Crippen molar-refractivity contribution in [3.05, 3.63) is 38.1 Å². The fraction of sp³-hybridized carbons (Fsp3) is 0.250. The Morgan fingerprint density at radius 3 is 2.76 bits per heavy atom. The molecule has 0 fully saturated rings. The quantitative estimate of drug-likeness (QED) is 0.917. The Balaban J connectivity index is 2.45. The summed E-state index contributed by atoms with van der Waals surface area (Å²) in [6.45, 7) is 2.83. The molecule has 17 heavy (non-hydrogen) atoms. The zero-order valence-corrected chi connectivity index (χ0v) is 11.9. The van der Waals surface area contributed by atoms with Crippen molar-refractivity contribution in [2.45, 2.75) is 13.5 Å². The van der Waals surface area contributed by atoms with Gasteiger partial charge in [0, 0.05) is 22.0 Å². The minimum Gasteiger partial charge on any atom is -0.314 e. The third-order valence-corrected chi connectivity index (χ3v) is 3.87. The van der Waals surface area contributed by atoms with Crippen molar-refractivity contribution in [2.24, 2.45) is 0 Å². The molecule has 0 bridgehead atoms. The average molecular weight is 287 g/mol. The van der Waals surface area contributed by atoms with Crippen molar-refractivity contribution in [2.75, 3.05) is 7.05 Å². The maximum atomic E-state index is 6.19. The van der Waals surface area contributed by atoms with Crippen LogP contribution < -0.4 is 5.32 Å². The van der Waals surface area contributed by atoms with Crippen LogP contribution >= 0.6 is 34.5 Å². The first-order chi connectivity index (χ1) is 8.11. The second-order valence-corrected chi connectivity index (χ2v) is 5.80. The van der Waals surface area contributed by atoms with Crippen molar-refractivity contribution < 1.29 is 0 Å². The Bertz CT molecular complexity index is 537. The Labute approximate surface area is 115 Å². The summed E-state index contributed by atoms with van der Waals surface area (Å²) in [6, 6.07) is 5.49. The van der Waals surface area contributed by atoms with Gasteiger partial charge in [-0.1, -0.05) is 23.2 Å². The van der Waals surface area contributed by atoms with Crippen LogP contribution in [0.1, 0.15) is 9.88 Å². The van der Waals surface area contributed by atoms with E-state index in [9.17, 15) is 0 Å². The summed E-state index contributed by atoms with van der Waals surface area (Å²) < 4.78 is 0. The molecule has 1 heterocycles. The SMILES string of the molecule is CNCc1nc(-c2ccc(Cl)cc2Cl)c(C)s1. The van der Waals surface area contributed by atoms with E-state index in [0.717, 1.165) is 22.8 Å². The third kappa shape index (κ3) is 2.80. The van der Waals surface area contributed by atoms with Crippen LogP contribution in [0.4, 0.5) is 0 Å². The van der Waals surface area contributed by atoms with Gasteiger partial charge in [0.25, 0.3) is 0 Å². The number of nitrogens with one attached hydrogen (secondary N) is 1. The number of halogens is 2. The topological polar surface area (TPSA) is 24.9 Å². The molecule has 0 aliphatic carbocycles. The van der Waals surface area contributed by atoms with Gasteiger partial charge in [-0.15, -0.1) is 11.3 Å². The molecule has 0 atom stereocenters. The van der Waals surface area contributed by atoms with Gasteiger partial charge in [-0.25, -0.2) is 4.98 Å². The molecule has 0 saturated carbocycles. The summed E-state index contributed by atoms with van der Waals surface area (Å²) in [5, 5.41) is 5.44. The standard InChI is InChI=1S/C12H12Cl2N2S/c1-7-12(16-11(17-7)6-15-2)9-4-3-8(13)5-10(9)14/h3-5,15H,6H2,1-2H3. The normalized spacial score (nSPS) is 10.8. The van der Waals surface area contributed by atoms with Crippen molar-refractivity contribution in [3.8, 4) is 11.3 Å². The minimum atomic E-state index is 0.641. The van der Waals surface area contributed by atoms with Crippen LogP contribution in [0.3, 0.4) is 0 Å². The molecular formula is C12H12Cl2N2S. The van der Waals surface area contributed by atoms with Gasteiger partial charge in [0.15, 0.2) is 0 Å². The molecule has 1 aromatic carbocycles. The number of rotatable bonds is 3. The van der Waals surface area contributed by atoms with E-state index in [4.69, 9.17) is 23.2 Å². The van der Waals surface area contributed by atoms with Crippen LogP contribution in [0.5, 0.6) is 0 Å². The van der Waals surface area contributed by atoms with Gasteiger partial charge >= 0.3 is 0 Å². The van der Waals surface area contributed by atoms with Gasteiger partial charge < -0.3 is 5.32 Å². The van der Waals surface area contributed by atoms with Gasteiger partial charge in [-0.05, 0) is 32.2 Å². The number of thiazole rings is 1. The molecule has 0 saturated heterocycles. The molecular weight excluding hydrogens is 275 g/mol. The van der Waals surface area contributed by atoms with Crippen molar-refractivity contribution in [1.29, 1.82) is 0 Å². The van der Waals surface area contributed by atoms with Crippen molar-refractivity contribution >= 4 is 34.5 Å². The predicted molar refractivity (Wildman–Crippen MR) is 75.1 cm³/mol. The second kappa shape index (κ2) is 5.36. The Morgan fingerprint density at radius 2 is 2.12 bits per heavy atom. The van der Waals surface area contributed by atoms with Gasteiger partial charge in [-0.2, -0.15) is 0 Å². The molecule has 0 unspecified atom stereocenters. The third-order valence-electron chi connectivity index (χ3n) is 2.36. The van der Waals surface area contributed by atoms with E-state index >= 15 is 0 Å². The molecule has 0 aliphatic heterocycles.